The molecule has 1 aliphatic carbocycles. The Balaban J connectivity index is 2.06. The minimum Gasteiger partial charge on any atom is -0.481 e. The predicted octanol–water partition coefficient (Wildman–Crippen LogP) is 3.34. The van der Waals surface area contributed by atoms with Crippen molar-refractivity contribution in [3.63, 3.8) is 0 Å². The Morgan fingerprint density at radius 3 is 2.63 bits per heavy atom. The predicted molar refractivity (Wildman–Crippen MR) is 76.0 cm³/mol. The summed E-state index contributed by atoms with van der Waals surface area (Å²) >= 11 is 3.40. The molecule has 1 aromatic rings. The maximum absolute atomic E-state index is 12.0. The number of carboxylic acids is 1. The van der Waals surface area contributed by atoms with E-state index in [1.807, 2.05) is 25.1 Å². The molecule has 1 aliphatic rings. The standard InChI is InChI=1S/C14H16BrNO3/c1-9-10(15)4-2-5-11(9)16-12(17)8-14(13(18)19)6-3-7-14/h2,4-5H,3,6-8H2,1H3,(H,16,17)(H,18,19). The van der Waals surface area contributed by atoms with Gasteiger partial charge in [0.25, 0.3) is 0 Å². The summed E-state index contributed by atoms with van der Waals surface area (Å²) in [7, 11) is 0. The van der Waals surface area contributed by atoms with Gasteiger partial charge in [-0.15, -0.1) is 0 Å². The van der Waals surface area contributed by atoms with E-state index in [1.165, 1.54) is 0 Å². The van der Waals surface area contributed by atoms with Crippen molar-refractivity contribution < 1.29 is 14.7 Å². The zero-order valence-electron chi connectivity index (χ0n) is 10.7. The lowest BCUT2D eigenvalue weighted by Crippen LogP contribution is -2.41. The first-order chi connectivity index (χ1) is 8.94. The second-order valence-corrected chi connectivity index (χ2v) is 5.93. The number of anilines is 1. The number of carboxylic acid groups (broad SMARTS) is 1. The normalized spacial score (nSPS) is 16.5. The first-order valence-corrected chi connectivity index (χ1v) is 7.02. The number of amides is 1. The van der Waals surface area contributed by atoms with Crippen LogP contribution < -0.4 is 5.32 Å². The van der Waals surface area contributed by atoms with E-state index >= 15 is 0 Å². The molecule has 102 valence electrons. The van der Waals surface area contributed by atoms with Gasteiger partial charge < -0.3 is 10.4 Å². The minimum absolute atomic E-state index is 0.0499. The molecule has 0 saturated heterocycles. The average Bonchev–Trinajstić information content (AvgIpc) is 2.29. The third-order valence-electron chi connectivity index (χ3n) is 3.81. The van der Waals surface area contributed by atoms with E-state index in [4.69, 9.17) is 0 Å². The van der Waals surface area contributed by atoms with Crippen LogP contribution in [0.15, 0.2) is 22.7 Å². The van der Waals surface area contributed by atoms with Crippen LogP contribution in [0.5, 0.6) is 0 Å². The quantitative estimate of drug-likeness (QED) is 0.892. The van der Waals surface area contributed by atoms with Crippen molar-refractivity contribution >= 4 is 33.5 Å². The van der Waals surface area contributed by atoms with Crippen molar-refractivity contribution in [1.29, 1.82) is 0 Å². The monoisotopic (exact) mass is 325 g/mol. The van der Waals surface area contributed by atoms with Crippen LogP contribution in [-0.4, -0.2) is 17.0 Å². The summed E-state index contributed by atoms with van der Waals surface area (Å²) in [6.07, 6.45) is 2.12. The van der Waals surface area contributed by atoms with Gasteiger partial charge in [-0.3, -0.25) is 9.59 Å². The van der Waals surface area contributed by atoms with Gasteiger partial charge >= 0.3 is 5.97 Å². The molecule has 0 aliphatic heterocycles. The molecule has 0 atom stereocenters. The van der Waals surface area contributed by atoms with Crippen molar-refractivity contribution in [2.75, 3.05) is 5.32 Å². The highest BCUT2D eigenvalue weighted by atomic mass is 79.9. The summed E-state index contributed by atoms with van der Waals surface area (Å²) < 4.78 is 0.918. The third-order valence-corrected chi connectivity index (χ3v) is 4.66. The summed E-state index contributed by atoms with van der Waals surface area (Å²) in [6.45, 7) is 1.90. The highest BCUT2D eigenvalue weighted by molar-refractivity contribution is 9.10. The van der Waals surface area contributed by atoms with Gasteiger partial charge in [0, 0.05) is 16.6 Å². The summed E-state index contributed by atoms with van der Waals surface area (Å²) in [5.41, 5.74) is 0.817. The lowest BCUT2D eigenvalue weighted by atomic mass is 9.66. The Kier molecular flexibility index (Phi) is 3.94. The second-order valence-electron chi connectivity index (χ2n) is 5.08. The molecule has 0 radical (unpaired) electrons. The van der Waals surface area contributed by atoms with Gasteiger partial charge in [0.2, 0.25) is 5.91 Å². The zero-order chi connectivity index (χ0) is 14.0. The summed E-state index contributed by atoms with van der Waals surface area (Å²) in [4.78, 5) is 23.2. The molecular weight excluding hydrogens is 310 g/mol. The zero-order valence-corrected chi connectivity index (χ0v) is 12.3. The van der Waals surface area contributed by atoms with Gasteiger partial charge in [-0.05, 0) is 37.5 Å². The molecule has 4 nitrogen and oxygen atoms in total. The van der Waals surface area contributed by atoms with Crippen LogP contribution in [0.1, 0.15) is 31.2 Å². The molecule has 2 rings (SSSR count). The highest BCUT2D eigenvalue weighted by Crippen LogP contribution is 2.44. The fourth-order valence-electron chi connectivity index (χ4n) is 2.31. The fraction of sp³-hybridized carbons (Fsp3) is 0.429. The molecule has 2 N–H and O–H groups in total. The van der Waals surface area contributed by atoms with Crippen molar-refractivity contribution in [1.82, 2.24) is 0 Å². The Bertz CT molecular complexity index is 523. The van der Waals surface area contributed by atoms with Crippen molar-refractivity contribution in [3.05, 3.63) is 28.2 Å². The molecule has 1 saturated carbocycles. The van der Waals surface area contributed by atoms with Gasteiger partial charge in [-0.25, -0.2) is 0 Å². The van der Waals surface area contributed by atoms with Gasteiger partial charge in [-0.2, -0.15) is 0 Å². The first-order valence-electron chi connectivity index (χ1n) is 6.23. The molecule has 1 amide bonds. The topological polar surface area (TPSA) is 66.4 Å². The number of benzene rings is 1. The molecule has 1 fully saturated rings. The van der Waals surface area contributed by atoms with E-state index in [0.29, 0.717) is 12.8 Å². The lowest BCUT2D eigenvalue weighted by molar-refractivity contribution is -0.157. The molecule has 0 spiro atoms. The fourth-order valence-corrected chi connectivity index (χ4v) is 2.68. The first kappa shape index (κ1) is 14.1. The Hall–Kier alpha value is -1.36. The van der Waals surface area contributed by atoms with Crippen LogP contribution >= 0.6 is 15.9 Å². The van der Waals surface area contributed by atoms with Crippen LogP contribution in [0.25, 0.3) is 0 Å². The maximum Gasteiger partial charge on any atom is 0.310 e. The van der Waals surface area contributed by atoms with Gasteiger partial charge in [-0.1, -0.05) is 28.4 Å². The minimum atomic E-state index is -0.861. The van der Waals surface area contributed by atoms with Crippen molar-refractivity contribution in [2.45, 2.75) is 32.6 Å². The number of carbonyl (C=O) groups excluding carboxylic acids is 1. The van der Waals surface area contributed by atoms with Gasteiger partial charge in [0.15, 0.2) is 0 Å². The number of hydrogen-bond acceptors (Lipinski definition) is 2. The molecule has 19 heavy (non-hydrogen) atoms. The number of carbonyl (C=O) groups is 2. The molecule has 1 aromatic carbocycles. The molecular formula is C14H16BrNO3. The molecule has 0 aromatic heterocycles. The average molecular weight is 326 g/mol. The molecule has 0 bridgehead atoms. The molecule has 5 heteroatoms. The van der Waals surface area contributed by atoms with E-state index in [1.54, 1.807) is 0 Å². The third kappa shape index (κ3) is 2.81. The van der Waals surface area contributed by atoms with Crippen LogP contribution in [-0.2, 0) is 9.59 Å². The number of halogens is 1. The lowest BCUT2D eigenvalue weighted by Gasteiger charge is -2.36. The van der Waals surface area contributed by atoms with Crippen LogP contribution in [0.4, 0.5) is 5.69 Å². The van der Waals surface area contributed by atoms with E-state index in [0.717, 1.165) is 22.1 Å². The number of hydrogen-bond donors (Lipinski definition) is 2. The number of rotatable bonds is 4. The molecule has 0 unspecified atom stereocenters. The largest absolute Gasteiger partial charge is 0.481 e. The number of nitrogens with one attached hydrogen (secondary N) is 1. The second kappa shape index (κ2) is 5.33. The summed E-state index contributed by atoms with van der Waals surface area (Å²) in [5, 5.41) is 12.0. The Morgan fingerprint density at radius 1 is 1.42 bits per heavy atom. The van der Waals surface area contributed by atoms with Crippen molar-refractivity contribution in [2.24, 2.45) is 5.41 Å². The van der Waals surface area contributed by atoms with Crippen LogP contribution in [0.2, 0.25) is 0 Å². The van der Waals surface area contributed by atoms with E-state index in [2.05, 4.69) is 21.2 Å². The van der Waals surface area contributed by atoms with Crippen LogP contribution in [0.3, 0.4) is 0 Å². The number of aliphatic carboxylic acids is 1. The van der Waals surface area contributed by atoms with E-state index < -0.39 is 11.4 Å². The smallest absolute Gasteiger partial charge is 0.310 e. The SMILES string of the molecule is Cc1c(Br)cccc1NC(=O)CC1(C(=O)O)CCC1. The Morgan fingerprint density at radius 2 is 2.11 bits per heavy atom. The molecule has 0 heterocycles. The summed E-state index contributed by atoms with van der Waals surface area (Å²) in [6, 6.07) is 5.55. The van der Waals surface area contributed by atoms with E-state index in [-0.39, 0.29) is 12.3 Å². The Labute approximate surface area is 120 Å². The van der Waals surface area contributed by atoms with E-state index in [9.17, 15) is 14.7 Å². The summed E-state index contributed by atoms with van der Waals surface area (Å²) in [5.74, 6) is -1.09. The van der Waals surface area contributed by atoms with Crippen LogP contribution in [0, 0.1) is 12.3 Å². The van der Waals surface area contributed by atoms with Gasteiger partial charge in [0.1, 0.15) is 0 Å². The highest BCUT2D eigenvalue weighted by Gasteiger charge is 2.45. The van der Waals surface area contributed by atoms with Crippen molar-refractivity contribution in [3.8, 4) is 0 Å². The van der Waals surface area contributed by atoms with Gasteiger partial charge in [0.05, 0.1) is 5.41 Å². The maximum atomic E-state index is 12.0.